The molecule has 2 nitrogen and oxygen atoms in total. The maximum Gasteiger partial charge on any atom is 0.416 e. The van der Waals surface area contributed by atoms with E-state index >= 15 is 0 Å². The van der Waals surface area contributed by atoms with E-state index in [1.807, 2.05) is 0 Å². The predicted molar refractivity (Wildman–Crippen MR) is 64.3 cm³/mol. The fourth-order valence-electron chi connectivity index (χ4n) is 1.24. The van der Waals surface area contributed by atoms with E-state index in [0.29, 0.717) is 5.56 Å². The maximum absolute atomic E-state index is 12.6. The van der Waals surface area contributed by atoms with Crippen molar-refractivity contribution in [1.82, 2.24) is 0 Å². The number of rotatable bonds is 1. The van der Waals surface area contributed by atoms with E-state index in [1.165, 1.54) is 6.07 Å². The third-order valence-corrected chi connectivity index (χ3v) is 2.49. The van der Waals surface area contributed by atoms with Crippen LogP contribution in [0.3, 0.4) is 0 Å². The second-order valence-corrected chi connectivity index (χ2v) is 5.23. The van der Waals surface area contributed by atoms with Gasteiger partial charge in [0.1, 0.15) is 0 Å². The molecule has 5 heteroatoms. The standard InChI is InChI=1S/C13H16F3NO/c1-8-5-6-9(13(14,15)16)7-10(8)17-11(18)12(2,3)4/h5-7H,1-4H3,(H,17,18). The number of hydrogen-bond donors (Lipinski definition) is 1. The molecule has 1 amide bonds. The van der Waals surface area contributed by atoms with Gasteiger partial charge in [0, 0.05) is 11.1 Å². The first-order valence-corrected chi connectivity index (χ1v) is 5.51. The summed E-state index contributed by atoms with van der Waals surface area (Å²) in [6.07, 6.45) is -4.41. The van der Waals surface area contributed by atoms with Gasteiger partial charge in [-0.25, -0.2) is 0 Å². The van der Waals surface area contributed by atoms with E-state index in [4.69, 9.17) is 0 Å². The number of hydrogen-bond acceptors (Lipinski definition) is 1. The molecule has 0 aliphatic rings. The van der Waals surface area contributed by atoms with E-state index in [9.17, 15) is 18.0 Å². The van der Waals surface area contributed by atoms with Crippen LogP contribution in [0.15, 0.2) is 18.2 Å². The highest BCUT2D eigenvalue weighted by Crippen LogP contribution is 2.32. The molecule has 0 aromatic heterocycles. The fourth-order valence-corrected chi connectivity index (χ4v) is 1.24. The zero-order valence-corrected chi connectivity index (χ0v) is 10.8. The van der Waals surface area contributed by atoms with Gasteiger partial charge >= 0.3 is 6.18 Å². The molecule has 0 fully saturated rings. The molecule has 0 aliphatic heterocycles. The van der Waals surface area contributed by atoms with Crippen LogP contribution in [0.1, 0.15) is 31.9 Å². The molecule has 18 heavy (non-hydrogen) atoms. The maximum atomic E-state index is 12.6. The van der Waals surface area contributed by atoms with Crippen LogP contribution in [-0.4, -0.2) is 5.91 Å². The molecule has 0 spiro atoms. The minimum absolute atomic E-state index is 0.199. The molecule has 0 heterocycles. The number of nitrogens with one attached hydrogen (secondary N) is 1. The Labute approximate surface area is 104 Å². The molecule has 0 unspecified atom stereocenters. The minimum Gasteiger partial charge on any atom is -0.325 e. The predicted octanol–water partition coefficient (Wildman–Crippen LogP) is 4.00. The van der Waals surface area contributed by atoms with Crippen molar-refractivity contribution in [2.45, 2.75) is 33.9 Å². The number of carbonyl (C=O) groups excluding carboxylic acids is 1. The molecule has 0 saturated carbocycles. The summed E-state index contributed by atoms with van der Waals surface area (Å²) in [4.78, 5) is 11.8. The Hall–Kier alpha value is -1.52. The first kappa shape index (κ1) is 14.5. The molecule has 0 aliphatic carbocycles. The summed E-state index contributed by atoms with van der Waals surface area (Å²) >= 11 is 0. The summed E-state index contributed by atoms with van der Waals surface area (Å²) in [6, 6.07) is 3.31. The lowest BCUT2D eigenvalue weighted by Gasteiger charge is -2.19. The van der Waals surface area contributed by atoms with Crippen LogP contribution in [0.2, 0.25) is 0 Å². The molecule has 1 N–H and O–H groups in total. The lowest BCUT2D eigenvalue weighted by Crippen LogP contribution is -2.28. The monoisotopic (exact) mass is 259 g/mol. The third-order valence-electron chi connectivity index (χ3n) is 2.49. The molecule has 0 radical (unpaired) electrons. The Balaban J connectivity index is 3.06. The summed E-state index contributed by atoms with van der Waals surface area (Å²) in [6.45, 7) is 6.75. The topological polar surface area (TPSA) is 29.1 Å². The summed E-state index contributed by atoms with van der Waals surface area (Å²) < 4.78 is 37.7. The average molecular weight is 259 g/mol. The van der Waals surface area contributed by atoms with Crippen molar-refractivity contribution in [1.29, 1.82) is 0 Å². The van der Waals surface area contributed by atoms with Crippen LogP contribution in [0, 0.1) is 12.3 Å². The van der Waals surface area contributed by atoms with E-state index in [2.05, 4.69) is 5.32 Å². The summed E-state index contributed by atoms with van der Waals surface area (Å²) in [5.74, 6) is -0.315. The van der Waals surface area contributed by atoms with Gasteiger partial charge < -0.3 is 5.32 Å². The molecular formula is C13H16F3NO. The Bertz CT molecular complexity index is 458. The Morgan fingerprint density at radius 2 is 1.72 bits per heavy atom. The normalized spacial score (nSPS) is 12.4. The van der Waals surface area contributed by atoms with Gasteiger partial charge in [0.25, 0.3) is 0 Å². The van der Waals surface area contributed by atoms with E-state index < -0.39 is 17.2 Å². The number of benzene rings is 1. The lowest BCUT2D eigenvalue weighted by molar-refractivity contribution is -0.137. The van der Waals surface area contributed by atoms with Gasteiger partial charge in [-0.15, -0.1) is 0 Å². The zero-order chi connectivity index (χ0) is 14.1. The second-order valence-electron chi connectivity index (χ2n) is 5.23. The van der Waals surface area contributed by atoms with Crippen molar-refractivity contribution in [2.75, 3.05) is 5.32 Å². The van der Waals surface area contributed by atoms with Gasteiger partial charge in [0.05, 0.1) is 5.56 Å². The van der Waals surface area contributed by atoms with Crippen LogP contribution >= 0.6 is 0 Å². The summed E-state index contributed by atoms with van der Waals surface area (Å²) in [7, 11) is 0. The number of halogens is 3. The fraction of sp³-hybridized carbons (Fsp3) is 0.462. The smallest absolute Gasteiger partial charge is 0.325 e. The highest BCUT2D eigenvalue weighted by molar-refractivity contribution is 5.95. The van der Waals surface area contributed by atoms with Gasteiger partial charge in [0.2, 0.25) is 5.91 Å². The largest absolute Gasteiger partial charge is 0.416 e. The number of aryl methyl sites for hydroxylation is 1. The van der Waals surface area contributed by atoms with Gasteiger partial charge in [-0.05, 0) is 24.6 Å². The molecular weight excluding hydrogens is 243 g/mol. The molecule has 1 aromatic rings. The quantitative estimate of drug-likeness (QED) is 0.811. The minimum atomic E-state index is -4.41. The van der Waals surface area contributed by atoms with Gasteiger partial charge in [-0.3, -0.25) is 4.79 Å². The highest BCUT2D eigenvalue weighted by Gasteiger charge is 2.31. The molecule has 0 bridgehead atoms. The van der Waals surface area contributed by atoms with Crippen LogP contribution in [0.5, 0.6) is 0 Å². The van der Waals surface area contributed by atoms with Crippen molar-refractivity contribution < 1.29 is 18.0 Å². The van der Waals surface area contributed by atoms with Crippen LogP contribution in [0.25, 0.3) is 0 Å². The van der Waals surface area contributed by atoms with Crippen molar-refractivity contribution in [3.63, 3.8) is 0 Å². The van der Waals surface area contributed by atoms with E-state index in [0.717, 1.165) is 12.1 Å². The Morgan fingerprint density at radius 1 is 1.17 bits per heavy atom. The first-order chi connectivity index (χ1) is 8.01. The molecule has 0 saturated heterocycles. The number of alkyl halides is 3. The second kappa shape index (κ2) is 4.63. The van der Waals surface area contributed by atoms with Crippen LogP contribution in [0.4, 0.5) is 18.9 Å². The van der Waals surface area contributed by atoms with Gasteiger partial charge in [-0.1, -0.05) is 26.8 Å². The van der Waals surface area contributed by atoms with E-state index in [1.54, 1.807) is 27.7 Å². The van der Waals surface area contributed by atoms with Crippen molar-refractivity contribution >= 4 is 11.6 Å². The number of amides is 1. The summed E-state index contributed by atoms with van der Waals surface area (Å²) in [5, 5.41) is 2.52. The SMILES string of the molecule is Cc1ccc(C(F)(F)F)cc1NC(=O)C(C)(C)C. The van der Waals surface area contributed by atoms with Crippen molar-refractivity contribution in [2.24, 2.45) is 5.41 Å². The molecule has 0 atom stereocenters. The highest BCUT2D eigenvalue weighted by atomic mass is 19.4. The van der Waals surface area contributed by atoms with Crippen LogP contribution < -0.4 is 5.32 Å². The molecule has 100 valence electrons. The Kier molecular flexibility index (Phi) is 3.74. The first-order valence-electron chi connectivity index (χ1n) is 5.51. The van der Waals surface area contributed by atoms with Crippen LogP contribution in [-0.2, 0) is 11.0 Å². The van der Waals surface area contributed by atoms with Crippen molar-refractivity contribution in [3.8, 4) is 0 Å². The van der Waals surface area contributed by atoms with Crippen molar-refractivity contribution in [3.05, 3.63) is 29.3 Å². The van der Waals surface area contributed by atoms with Gasteiger partial charge in [0.15, 0.2) is 0 Å². The van der Waals surface area contributed by atoms with E-state index in [-0.39, 0.29) is 11.6 Å². The number of anilines is 1. The average Bonchev–Trinajstić information content (AvgIpc) is 2.18. The number of carbonyl (C=O) groups is 1. The van der Waals surface area contributed by atoms with Gasteiger partial charge in [-0.2, -0.15) is 13.2 Å². The molecule has 1 aromatic carbocycles. The molecule has 1 rings (SSSR count). The third kappa shape index (κ3) is 3.48. The lowest BCUT2D eigenvalue weighted by atomic mass is 9.95. The summed E-state index contributed by atoms with van der Waals surface area (Å²) in [5.41, 5.74) is -0.622. The zero-order valence-electron chi connectivity index (χ0n) is 10.8. The Morgan fingerprint density at radius 3 is 2.17 bits per heavy atom.